The van der Waals surface area contributed by atoms with Crippen LogP contribution in [0.3, 0.4) is 0 Å². The molecular weight excluding hydrogens is 540 g/mol. The number of hydrogen-bond donors (Lipinski definition) is 0. The molecule has 2 aliphatic rings. The van der Waals surface area contributed by atoms with Crippen molar-refractivity contribution in [2.45, 2.75) is 69.1 Å². The summed E-state index contributed by atoms with van der Waals surface area (Å²) in [4.78, 5) is 23.8. The van der Waals surface area contributed by atoms with Crippen molar-refractivity contribution in [2.75, 3.05) is 13.3 Å². The van der Waals surface area contributed by atoms with Gasteiger partial charge in [0.15, 0.2) is 17.3 Å². The summed E-state index contributed by atoms with van der Waals surface area (Å²) in [5.74, 6) is 1.33. The van der Waals surface area contributed by atoms with Crippen molar-refractivity contribution < 1.29 is 32.0 Å². The fraction of sp³-hybridized carbons (Fsp3) is 0.444. The summed E-state index contributed by atoms with van der Waals surface area (Å²) in [5, 5.41) is 11.1. The van der Waals surface area contributed by atoms with Gasteiger partial charge in [0.1, 0.15) is 0 Å². The number of allylic oxidation sites excluding steroid dienone is 1. The van der Waals surface area contributed by atoms with Crippen LogP contribution in [0.1, 0.15) is 50.4 Å². The Hall–Kier alpha value is -3.22. The molecule has 0 spiro atoms. The number of carbonyl (C=O) groups is 1. The van der Waals surface area contributed by atoms with Gasteiger partial charge < -0.3 is 13.9 Å². The number of ketones is 1. The Bertz CT molecular complexity index is 1350. The molecule has 2 aromatic rings. The Morgan fingerprint density at radius 2 is 1.74 bits per heavy atom. The second kappa shape index (κ2) is 11.9. The number of nitro benzene ring substituents is 1. The molecule has 12 heteroatoms. The second-order valence-electron chi connectivity index (χ2n) is 9.73. The highest BCUT2D eigenvalue weighted by atomic mass is 32.2. The zero-order chi connectivity index (χ0) is 28.2. The van der Waals surface area contributed by atoms with Gasteiger partial charge in [0.2, 0.25) is 25.1 Å². The molecule has 1 unspecified atom stereocenters. The standard InChI is InChI=1S/C27H34N2O8SSi/c1-4-39(5-2,6-3)37-23-9-7-8-22(17-23)28(38(33,34)24-13-11-21(12-14-24)29(31)32)18-25(30)20-10-15-26-27(16-20)36-19-35-26/h10-17,22H,4-9,18-19H2,1-3H3. The van der Waals surface area contributed by atoms with E-state index in [1.165, 1.54) is 16.4 Å². The third kappa shape index (κ3) is 6.18. The number of ether oxygens (including phenoxy) is 2. The van der Waals surface area contributed by atoms with Crippen LogP contribution in [0.4, 0.5) is 5.69 Å². The molecule has 0 bridgehead atoms. The van der Waals surface area contributed by atoms with Gasteiger partial charge in [-0.1, -0.05) is 20.8 Å². The largest absolute Gasteiger partial charge is 0.547 e. The van der Waals surface area contributed by atoms with E-state index < -0.39 is 41.6 Å². The van der Waals surface area contributed by atoms with E-state index in [1.807, 2.05) is 6.08 Å². The topological polar surface area (TPSA) is 125 Å². The summed E-state index contributed by atoms with van der Waals surface area (Å²) in [6, 6.07) is 11.7. The average Bonchev–Trinajstić information content (AvgIpc) is 3.43. The fourth-order valence-electron chi connectivity index (χ4n) is 4.98. The van der Waals surface area contributed by atoms with Gasteiger partial charge in [-0.05, 0) is 67.4 Å². The van der Waals surface area contributed by atoms with E-state index in [4.69, 9.17) is 13.9 Å². The Kier molecular flexibility index (Phi) is 8.77. The molecule has 1 aliphatic heterocycles. The quantitative estimate of drug-likeness (QED) is 0.138. The minimum Gasteiger partial charge on any atom is -0.547 e. The van der Waals surface area contributed by atoms with Crippen LogP contribution in [-0.4, -0.2) is 51.1 Å². The third-order valence-electron chi connectivity index (χ3n) is 7.60. The first-order valence-corrected chi connectivity index (χ1v) is 17.2. The minimum absolute atomic E-state index is 0.0569. The fourth-order valence-corrected chi connectivity index (χ4v) is 9.20. The van der Waals surface area contributed by atoms with E-state index >= 15 is 0 Å². The number of fused-ring (bicyclic) bond motifs is 1. The van der Waals surface area contributed by atoms with Gasteiger partial charge in [0.05, 0.1) is 22.1 Å². The van der Waals surface area contributed by atoms with Crippen LogP contribution in [0.2, 0.25) is 18.1 Å². The Morgan fingerprint density at radius 3 is 2.38 bits per heavy atom. The monoisotopic (exact) mass is 574 g/mol. The highest BCUT2D eigenvalue weighted by Crippen LogP contribution is 2.35. The number of carbonyl (C=O) groups excluding carboxylic acids is 1. The average molecular weight is 575 g/mol. The van der Waals surface area contributed by atoms with E-state index in [9.17, 15) is 23.3 Å². The predicted octanol–water partition coefficient (Wildman–Crippen LogP) is 5.66. The van der Waals surface area contributed by atoms with Crippen molar-refractivity contribution in [2.24, 2.45) is 0 Å². The van der Waals surface area contributed by atoms with Crippen LogP contribution in [0.15, 0.2) is 59.2 Å². The molecule has 0 saturated heterocycles. The lowest BCUT2D eigenvalue weighted by atomic mass is 10.0. The molecule has 39 heavy (non-hydrogen) atoms. The van der Waals surface area contributed by atoms with E-state index in [-0.39, 0.29) is 17.4 Å². The lowest BCUT2D eigenvalue weighted by molar-refractivity contribution is -0.384. The Morgan fingerprint density at radius 1 is 1.08 bits per heavy atom. The van der Waals surface area contributed by atoms with Crippen LogP contribution < -0.4 is 9.47 Å². The molecule has 2 aromatic carbocycles. The van der Waals surface area contributed by atoms with Crippen LogP contribution in [0.5, 0.6) is 11.5 Å². The van der Waals surface area contributed by atoms with Crippen molar-refractivity contribution in [3.63, 3.8) is 0 Å². The van der Waals surface area contributed by atoms with E-state index in [1.54, 1.807) is 18.2 Å². The van der Waals surface area contributed by atoms with Crippen molar-refractivity contribution in [1.29, 1.82) is 0 Å². The summed E-state index contributed by atoms with van der Waals surface area (Å²) in [6.07, 6.45) is 3.80. The normalized spacial score (nSPS) is 17.1. The molecule has 0 aromatic heterocycles. The summed E-state index contributed by atoms with van der Waals surface area (Å²) in [5.41, 5.74) is 0.0824. The molecule has 0 fully saturated rings. The first-order valence-electron chi connectivity index (χ1n) is 13.2. The zero-order valence-corrected chi connectivity index (χ0v) is 24.2. The van der Waals surface area contributed by atoms with Crippen LogP contribution >= 0.6 is 0 Å². The number of non-ortho nitro benzene ring substituents is 1. The number of sulfonamides is 1. The van der Waals surface area contributed by atoms with Gasteiger partial charge in [0, 0.05) is 30.2 Å². The molecule has 0 N–H and O–H groups in total. The molecule has 1 heterocycles. The molecule has 1 aliphatic carbocycles. The van der Waals surface area contributed by atoms with E-state index in [2.05, 4.69) is 20.8 Å². The molecule has 210 valence electrons. The number of benzene rings is 2. The molecule has 10 nitrogen and oxygen atoms in total. The third-order valence-corrected chi connectivity index (χ3v) is 14.0. The molecule has 0 radical (unpaired) electrons. The van der Waals surface area contributed by atoms with Crippen LogP contribution in [-0.2, 0) is 14.4 Å². The number of rotatable bonds is 12. The SMILES string of the molecule is CC[Si](CC)(CC)OC1=CC(N(CC(=O)c2ccc3c(c2)OCO3)S(=O)(=O)c2ccc([N+](=O)[O-])cc2)CCC1. The lowest BCUT2D eigenvalue weighted by Gasteiger charge is -2.35. The Labute approximate surface area is 229 Å². The van der Waals surface area contributed by atoms with Crippen molar-refractivity contribution >= 4 is 29.8 Å². The highest BCUT2D eigenvalue weighted by Gasteiger charge is 2.37. The first-order chi connectivity index (χ1) is 18.6. The van der Waals surface area contributed by atoms with Gasteiger partial charge >= 0.3 is 0 Å². The number of hydrogen-bond acceptors (Lipinski definition) is 8. The predicted molar refractivity (Wildman–Crippen MR) is 148 cm³/mol. The van der Waals surface area contributed by atoms with Gasteiger partial charge in [-0.2, -0.15) is 4.31 Å². The van der Waals surface area contributed by atoms with Gasteiger partial charge in [-0.3, -0.25) is 14.9 Å². The first kappa shape index (κ1) is 28.8. The molecular formula is C27H34N2O8SSi. The maximum absolute atomic E-state index is 13.9. The second-order valence-corrected chi connectivity index (χ2v) is 16.3. The summed E-state index contributed by atoms with van der Waals surface area (Å²) >= 11 is 0. The molecule has 0 saturated carbocycles. The maximum atomic E-state index is 13.9. The summed E-state index contributed by atoms with van der Waals surface area (Å²) in [7, 11) is -6.18. The molecule has 0 amide bonds. The highest BCUT2D eigenvalue weighted by molar-refractivity contribution is 7.89. The van der Waals surface area contributed by atoms with Crippen LogP contribution in [0.25, 0.3) is 0 Å². The maximum Gasteiger partial charge on any atom is 0.269 e. The molecule has 4 rings (SSSR count). The molecule has 1 atom stereocenters. The van der Waals surface area contributed by atoms with Crippen molar-refractivity contribution in [1.82, 2.24) is 4.31 Å². The summed E-state index contributed by atoms with van der Waals surface area (Å²) in [6.45, 7) is 6.05. The van der Waals surface area contributed by atoms with E-state index in [0.717, 1.165) is 36.0 Å². The smallest absolute Gasteiger partial charge is 0.269 e. The van der Waals surface area contributed by atoms with Gasteiger partial charge in [-0.15, -0.1) is 0 Å². The van der Waals surface area contributed by atoms with Gasteiger partial charge in [-0.25, -0.2) is 8.42 Å². The number of nitrogens with zero attached hydrogens (tertiary/aromatic N) is 2. The number of nitro groups is 1. The van der Waals surface area contributed by atoms with Crippen molar-refractivity contribution in [3.8, 4) is 11.5 Å². The minimum atomic E-state index is -4.20. The van der Waals surface area contributed by atoms with Crippen molar-refractivity contribution in [3.05, 3.63) is 70.0 Å². The number of Topliss-reactive ketones (excluding diaryl/α,β-unsaturated/α-hetero) is 1. The summed E-state index contributed by atoms with van der Waals surface area (Å²) < 4.78 is 46.3. The van der Waals surface area contributed by atoms with Gasteiger partial charge in [0.25, 0.3) is 5.69 Å². The Balaban J connectivity index is 1.70. The zero-order valence-electron chi connectivity index (χ0n) is 22.4. The van der Waals surface area contributed by atoms with E-state index in [0.29, 0.717) is 36.3 Å². The lowest BCUT2D eigenvalue weighted by Crippen LogP contribution is -2.44. The van der Waals surface area contributed by atoms with Crippen LogP contribution in [0, 0.1) is 10.1 Å².